The van der Waals surface area contributed by atoms with E-state index in [2.05, 4.69) is 36.8 Å². The lowest BCUT2D eigenvalue weighted by Gasteiger charge is -2.19. The third-order valence-corrected chi connectivity index (χ3v) is 8.44. The van der Waals surface area contributed by atoms with Gasteiger partial charge in [-0.3, -0.25) is 4.79 Å². The van der Waals surface area contributed by atoms with Gasteiger partial charge < -0.3 is 19.3 Å². The van der Waals surface area contributed by atoms with Gasteiger partial charge in [0, 0.05) is 24.8 Å². The van der Waals surface area contributed by atoms with Gasteiger partial charge in [0.1, 0.15) is 22.5 Å². The standard InChI is InChI=1S/C29H33N7O3S/c1-17-6-7-19(12-24(17)36-16-23(32-34-36)25-15-30-27(35(25)3)18-8-9-18)28(37)31-21-13-20(29(2)10-11-29)14-22(26(21)39-4)33-40(5)38/h6-7,12-16,18,33H,8-11H2,1-5H3,(H,31,37). The Morgan fingerprint density at radius 2 is 1.93 bits per heavy atom. The first kappa shape index (κ1) is 26.2. The second-order valence-electron chi connectivity index (χ2n) is 11.1. The fourth-order valence-corrected chi connectivity index (χ4v) is 5.53. The molecule has 0 radical (unpaired) electrons. The van der Waals surface area contributed by atoms with Crippen LogP contribution in [0.3, 0.4) is 0 Å². The third kappa shape index (κ3) is 4.90. The molecule has 0 bridgehead atoms. The zero-order valence-electron chi connectivity index (χ0n) is 23.3. The zero-order valence-corrected chi connectivity index (χ0v) is 24.1. The quantitative estimate of drug-likeness (QED) is 0.302. The molecule has 1 unspecified atom stereocenters. The highest BCUT2D eigenvalue weighted by atomic mass is 32.2. The summed E-state index contributed by atoms with van der Waals surface area (Å²) >= 11 is 0. The molecule has 1 amide bonds. The average molecular weight is 560 g/mol. The maximum Gasteiger partial charge on any atom is 0.255 e. The molecule has 6 rings (SSSR count). The SMILES string of the molecule is COc1c(NC(=O)c2ccc(C)c(-n3cc(-c4cnc(C5CC5)n4C)nn3)c2)cc(C2(C)CC2)cc1NS(C)=O. The molecular formula is C29H33N7O3S. The summed E-state index contributed by atoms with van der Waals surface area (Å²) < 4.78 is 24.4. The van der Waals surface area contributed by atoms with Crippen molar-refractivity contribution < 1.29 is 13.7 Å². The molecule has 0 spiro atoms. The molecule has 40 heavy (non-hydrogen) atoms. The molecule has 0 aliphatic heterocycles. The highest BCUT2D eigenvalue weighted by Crippen LogP contribution is 2.50. The Hall–Kier alpha value is -3.99. The summed E-state index contributed by atoms with van der Waals surface area (Å²) in [5.41, 5.74) is 6.02. The predicted molar refractivity (Wildman–Crippen MR) is 155 cm³/mol. The van der Waals surface area contributed by atoms with Gasteiger partial charge in [-0.15, -0.1) is 5.10 Å². The first-order valence-corrected chi connectivity index (χ1v) is 14.9. The molecule has 208 valence electrons. The van der Waals surface area contributed by atoms with E-state index in [-0.39, 0.29) is 11.3 Å². The number of amides is 1. The van der Waals surface area contributed by atoms with Gasteiger partial charge in [-0.1, -0.05) is 18.2 Å². The number of nitrogens with zero attached hydrogens (tertiary/aromatic N) is 5. The van der Waals surface area contributed by atoms with Crippen LogP contribution in [0.25, 0.3) is 17.1 Å². The molecule has 2 saturated carbocycles. The summed E-state index contributed by atoms with van der Waals surface area (Å²) in [6, 6.07) is 9.41. The summed E-state index contributed by atoms with van der Waals surface area (Å²) in [6.45, 7) is 4.16. The summed E-state index contributed by atoms with van der Waals surface area (Å²) in [7, 11) is 2.25. The van der Waals surface area contributed by atoms with E-state index in [1.165, 1.54) is 20.0 Å². The fraction of sp³-hybridized carbons (Fsp3) is 0.379. The van der Waals surface area contributed by atoms with Gasteiger partial charge in [0.25, 0.3) is 5.91 Å². The van der Waals surface area contributed by atoms with E-state index in [1.54, 1.807) is 23.1 Å². The largest absolute Gasteiger partial charge is 0.492 e. The second-order valence-corrected chi connectivity index (χ2v) is 12.2. The molecule has 2 aliphatic rings. The second kappa shape index (κ2) is 9.88. The van der Waals surface area contributed by atoms with Gasteiger partial charge in [0.15, 0.2) is 5.75 Å². The molecule has 2 heterocycles. The van der Waals surface area contributed by atoms with Crippen molar-refractivity contribution in [3.8, 4) is 22.8 Å². The first-order valence-electron chi connectivity index (χ1n) is 13.4. The molecule has 0 saturated heterocycles. The first-order chi connectivity index (χ1) is 19.2. The van der Waals surface area contributed by atoms with Gasteiger partial charge in [-0.05, 0) is 73.4 Å². The van der Waals surface area contributed by atoms with Crippen molar-refractivity contribution in [3.63, 3.8) is 0 Å². The van der Waals surface area contributed by atoms with Crippen molar-refractivity contribution in [1.29, 1.82) is 0 Å². The lowest BCUT2D eigenvalue weighted by molar-refractivity contribution is 0.102. The van der Waals surface area contributed by atoms with Gasteiger partial charge in [0.2, 0.25) is 0 Å². The lowest BCUT2D eigenvalue weighted by atomic mass is 9.96. The van der Waals surface area contributed by atoms with Crippen LogP contribution in [0.15, 0.2) is 42.7 Å². The summed E-state index contributed by atoms with van der Waals surface area (Å²) in [5, 5.41) is 11.8. The molecule has 11 heteroatoms. The van der Waals surface area contributed by atoms with Crippen LogP contribution >= 0.6 is 0 Å². The van der Waals surface area contributed by atoms with Crippen molar-refractivity contribution in [2.45, 2.75) is 50.9 Å². The minimum atomic E-state index is -1.30. The number of hydrogen-bond acceptors (Lipinski definition) is 6. The normalized spacial score (nSPS) is 16.4. The Balaban J connectivity index is 1.30. The van der Waals surface area contributed by atoms with Crippen molar-refractivity contribution in [2.75, 3.05) is 23.4 Å². The highest BCUT2D eigenvalue weighted by molar-refractivity contribution is 7.85. The maximum absolute atomic E-state index is 13.5. The topological polar surface area (TPSA) is 116 Å². The van der Waals surface area contributed by atoms with E-state index in [0.717, 1.165) is 46.9 Å². The summed E-state index contributed by atoms with van der Waals surface area (Å²) in [6.07, 6.45) is 9.75. The maximum atomic E-state index is 13.5. The molecule has 2 N–H and O–H groups in total. The van der Waals surface area contributed by atoms with E-state index in [9.17, 15) is 9.00 Å². The smallest absolute Gasteiger partial charge is 0.255 e. The predicted octanol–water partition coefficient (Wildman–Crippen LogP) is 4.87. The number of methoxy groups -OCH3 is 1. The number of aryl methyl sites for hydroxylation is 1. The van der Waals surface area contributed by atoms with Crippen molar-refractivity contribution in [2.24, 2.45) is 7.05 Å². The third-order valence-electron chi connectivity index (χ3n) is 7.93. The van der Waals surface area contributed by atoms with Crippen molar-refractivity contribution in [1.82, 2.24) is 24.5 Å². The fourth-order valence-electron chi connectivity index (χ4n) is 5.07. The number of rotatable bonds is 9. The van der Waals surface area contributed by atoms with Crippen LogP contribution in [-0.2, 0) is 23.4 Å². The number of nitrogens with one attached hydrogen (secondary N) is 2. The molecular weight excluding hydrogens is 526 g/mol. The van der Waals surface area contributed by atoms with Crippen LogP contribution in [0.5, 0.6) is 5.75 Å². The summed E-state index contributed by atoms with van der Waals surface area (Å²) in [4.78, 5) is 18.1. The zero-order chi connectivity index (χ0) is 28.2. The molecule has 2 aromatic heterocycles. The van der Waals surface area contributed by atoms with Gasteiger partial charge in [0.05, 0.1) is 42.3 Å². The molecule has 1 atom stereocenters. The number of aromatic nitrogens is 5. The minimum absolute atomic E-state index is 0.0343. The molecule has 4 aromatic rings. The Kier molecular flexibility index (Phi) is 6.48. The summed E-state index contributed by atoms with van der Waals surface area (Å²) in [5.74, 6) is 1.76. The minimum Gasteiger partial charge on any atom is -0.492 e. The van der Waals surface area contributed by atoms with Crippen LogP contribution in [0.2, 0.25) is 0 Å². The number of anilines is 2. The molecule has 2 fully saturated rings. The highest BCUT2D eigenvalue weighted by Gasteiger charge is 2.40. The molecule has 2 aliphatic carbocycles. The van der Waals surface area contributed by atoms with Crippen LogP contribution < -0.4 is 14.8 Å². The van der Waals surface area contributed by atoms with E-state index in [4.69, 9.17) is 4.74 Å². The monoisotopic (exact) mass is 559 g/mol. The Labute approximate surface area is 235 Å². The van der Waals surface area contributed by atoms with Gasteiger partial charge >= 0.3 is 0 Å². The van der Waals surface area contributed by atoms with Gasteiger partial charge in [-0.25, -0.2) is 13.9 Å². The Bertz CT molecular complexity index is 1650. The molecule has 2 aromatic carbocycles. The van der Waals surface area contributed by atoms with Crippen LogP contribution in [0, 0.1) is 6.92 Å². The number of ether oxygens (including phenoxy) is 1. The lowest BCUT2D eigenvalue weighted by Crippen LogP contribution is -2.16. The number of benzene rings is 2. The van der Waals surface area contributed by atoms with Crippen LogP contribution in [0.4, 0.5) is 11.4 Å². The number of hydrogen-bond donors (Lipinski definition) is 2. The Morgan fingerprint density at radius 1 is 1.18 bits per heavy atom. The number of carbonyl (C=O) groups excluding carboxylic acids is 1. The average Bonchev–Trinajstić information content (AvgIpc) is 3.81. The van der Waals surface area contributed by atoms with E-state index < -0.39 is 11.0 Å². The van der Waals surface area contributed by atoms with Crippen molar-refractivity contribution in [3.05, 3.63) is 65.2 Å². The van der Waals surface area contributed by atoms with Crippen LogP contribution in [-0.4, -0.2) is 48.0 Å². The van der Waals surface area contributed by atoms with Gasteiger partial charge in [-0.2, -0.15) is 0 Å². The number of carbonyl (C=O) groups is 1. The van der Waals surface area contributed by atoms with E-state index >= 15 is 0 Å². The van der Waals surface area contributed by atoms with Crippen LogP contribution in [0.1, 0.15) is 65.8 Å². The Morgan fingerprint density at radius 3 is 2.60 bits per heavy atom. The van der Waals surface area contributed by atoms with Crippen molar-refractivity contribution >= 4 is 28.3 Å². The van der Waals surface area contributed by atoms with E-state index in [0.29, 0.717) is 28.6 Å². The van der Waals surface area contributed by atoms with E-state index in [1.807, 2.05) is 44.6 Å². The molecule has 10 nitrogen and oxygen atoms in total. The number of imidazole rings is 1.